The lowest BCUT2D eigenvalue weighted by molar-refractivity contribution is -0.219. The minimum absolute atomic E-state index is 0.0765. The third-order valence-electron chi connectivity index (χ3n) is 12.2. The molecule has 2 bridgehead atoms. The highest BCUT2D eigenvalue weighted by Crippen LogP contribution is 2.66. The van der Waals surface area contributed by atoms with E-state index in [1.165, 1.54) is 24.3 Å². The Kier molecular flexibility index (Phi) is 8.49. The Labute approximate surface area is 354 Å². The molecule has 0 fully saturated rings. The van der Waals surface area contributed by atoms with Crippen LogP contribution in [0.15, 0.2) is 78.9 Å². The van der Waals surface area contributed by atoms with Gasteiger partial charge in [0, 0.05) is 64.1 Å². The minimum Gasteiger partial charge on any atom is -0.508 e. The average molecular weight is 865 g/mol. The molecular weight excluding hydrogens is 828 g/mol. The fourth-order valence-corrected chi connectivity index (χ4v) is 9.34. The standard InChI is InChI=1S/C45H36O18/c46-18-10-27(54)32-30(12-18)60-41(16-2-5-22(49)25(52)8-16)39(58)34(32)36-38(57)20-14-29(56)40(15-1-4-21(48)24(51)7-15)61-42(20)37-35-33-28(55)11-19(47)13-31(33)62-45(44(35)59,63-43(36)37)17-3-6-23(50)26(53)9-17/h1-13,29,34-35,39-41,44,46-59H,14H2/t29-,34+,35+,39+,40+,41+,44+,45-/m0/s1. The zero-order valence-corrected chi connectivity index (χ0v) is 32.1. The molecule has 63 heavy (non-hydrogen) atoms. The number of hydrogen-bond donors (Lipinski definition) is 14. The lowest BCUT2D eigenvalue weighted by atomic mass is 9.70. The fourth-order valence-electron chi connectivity index (χ4n) is 9.34. The first kappa shape index (κ1) is 39.3. The van der Waals surface area contributed by atoms with E-state index in [1.54, 1.807) is 0 Å². The molecule has 4 aliphatic rings. The zero-order chi connectivity index (χ0) is 44.5. The molecule has 0 saturated heterocycles. The van der Waals surface area contributed by atoms with Gasteiger partial charge in [-0.1, -0.05) is 12.1 Å². The Morgan fingerprint density at radius 1 is 0.460 bits per heavy atom. The van der Waals surface area contributed by atoms with Gasteiger partial charge in [0.15, 0.2) is 40.6 Å². The van der Waals surface area contributed by atoms with Crippen LogP contribution in [0.5, 0.6) is 86.2 Å². The van der Waals surface area contributed by atoms with Gasteiger partial charge in [0.1, 0.15) is 70.1 Å². The SMILES string of the molecule is Oc1cc(O)c2c(c1)O[C@H](c1ccc(O)c(O)c1)[C@H](O)[C@H]2c1c(O)c2c(c3c1O[C@]1(c4ccc(O)c(O)c4)Oc4cc(O)cc(O)c4[C@H]3[C@H]1O)O[C@H](c1ccc(O)c(O)c1)[C@@H](O)C2. The Morgan fingerprint density at radius 2 is 1.02 bits per heavy atom. The Bertz CT molecular complexity index is 2910. The molecule has 0 spiro atoms. The molecule has 6 aromatic carbocycles. The summed E-state index contributed by atoms with van der Waals surface area (Å²) in [6.45, 7) is 0. The number of benzene rings is 6. The summed E-state index contributed by atoms with van der Waals surface area (Å²) < 4.78 is 25.9. The predicted molar refractivity (Wildman–Crippen MR) is 212 cm³/mol. The normalized spacial score (nSPS) is 25.2. The van der Waals surface area contributed by atoms with Crippen LogP contribution < -0.4 is 18.9 Å². The molecule has 0 saturated carbocycles. The zero-order valence-electron chi connectivity index (χ0n) is 32.1. The van der Waals surface area contributed by atoms with E-state index in [0.29, 0.717) is 0 Å². The number of rotatable bonds is 4. The number of aromatic hydroxyl groups is 11. The first-order valence-electron chi connectivity index (χ1n) is 19.3. The van der Waals surface area contributed by atoms with Gasteiger partial charge >= 0.3 is 5.79 Å². The van der Waals surface area contributed by atoms with Crippen LogP contribution in [0.4, 0.5) is 0 Å². The third kappa shape index (κ3) is 5.68. The smallest absolute Gasteiger partial charge is 0.305 e. The highest BCUT2D eigenvalue weighted by Gasteiger charge is 2.62. The molecule has 14 N–H and O–H groups in total. The molecule has 10 rings (SSSR count). The van der Waals surface area contributed by atoms with Gasteiger partial charge in [-0.2, -0.15) is 0 Å². The van der Waals surface area contributed by atoms with Crippen LogP contribution in [0.1, 0.15) is 68.6 Å². The molecule has 0 aromatic heterocycles. The predicted octanol–water partition coefficient (Wildman–Crippen LogP) is 4.24. The van der Waals surface area contributed by atoms with Crippen LogP contribution in [-0.4, -0.2) is 89.8 Å². The number of aliphatic hydroxyl groups is 3. The fraction of sp³-hybridized carbons (Fsp3) is 0.200. The van der Waals surface area contributed by atoms with Gasteiger partial charge < -0.3 is 90.4 Å². The molecule has 4 heterocycles. The second-order valence-electron chi connectivity index (χ2n) is 15.9. The van der Waals surface area contributed by atoms with Crippen molar-refractivity contribution in [3.05, 3.63) is 123 Å². The van der Waals surface area contributed by atoms with E-state index in [0.717, 1.165) is 54.6 Å². The molecule has 0 radical (unpaired) electrons. The van der Waals surface area contributed by atoms with Crippen molar-refractivity contribution in [1.82, 2.24) is 0 Å². The second kappa shape index (κ2) is 13.6. The lowest BCUT2D eigenvalue weighted by Crippen LogP contribution is -2.58. The summed E-state index contributed by atoms with van der Waals surface area (Å²) >= 11 is 0. The van der Waals surface area contributed by atoms with Crippen molar-refractivity contribution in [3.63, 3.8) is 0 Å². The maximum Gasteiger partial charge on any atom is 0.305 e. The first-order chi connectivity index (χ1) is 30.0. The number of phenolic OH excluding ortho intramolecular Hbond substituents is 11. The Balaban J connectivity index is 1.31. The number of aliphatic hydroxyl groups excluding tert-OH is 3. The summed E-state index contributed by atoms with van der Waals surface area (Å²) in [5, 5.41) is 156. The summed E-state index contributed by atoms with van der Waals surface area (Å²) in [7, 11) is 0. The molecule has 0 unspecified atom stereocenters. The molecule has 8 atom stereocenters. The Morgan fingerprint density at radius 3 is 1.62 bits per heavy atom. The second-order valence-corrected chi connectivity index (χ2v) is 15.9. The topological polar surface area (TPSA) is 320 Å². The molecule has 4 aliphatic heterocycles. The van der Waals surface area contributed by atoms with Crippen LogP contribution in [0.3, 0.4) is 0 Å². The number of fused-ring (bicyclic) bond motifs is 9. The maximum absolute atomic E-state index is 12.7. The molecule has 18 nitrogen and oxygen atoms in total. The highest BCUT2D eigenvalue weighted by molar-refractivity contribution is 5.74. The summed E-state index contributed by atoms with van der Waals surface area (Å²) in [4.78, 5) is 0. The van der Waals surface area contributed by atoms with Gasteiger partial charge in [0.2, 0.25) is 0 Å². The minimum atomic E-state index is -2.50. The highest BCUT2D eigenvalue weighted by atomic mass is 16.7. The summed E-state index contributed by atoms with van der Waals surface area (Å²) in [6, 6.07) is 14.8. The van der Waals surface area contributed by atoms with Crippen LogP contribution in [0.2, 0.25) is 0 Å². The molecule has 0 aliphatic carbocycles. The quantitative estimate of drug-likeness (QED) is 0.110. The van der Waals surface area contributed by atoms with Gasteiger partial charge in [-0.15, -0.1) is 0 Å². The number of ether oxygens (including phenoxy) is 4. The van der Waals surface area contributed by atoms with E-state index in [9.17, 15) is 71.5 Å². The van der Waals surface area contributed by atoms with E-state index in [-0.39, 0.29) is 61.8 Å². The van der Waals surface area contributed by atoms with Crippen molar-refractivity contribution in [2.45, 2.75) is 54.6 Å². The summed E-state index contributed by atoms with van der Waals surface area (Å²) in [5.41, 5.74) is -0.883. The van der Waals surface area contributed by atoms with Crippen molar-refractivity contribution >= 4 is 0 Å². The monoisotopic (exact) mass is 864 g/mol. The lowest BCUT2D eigenvalue weighted by Gasteiger charge is -2.51. The Hall–Kier alpha value is -7.80. The summed E-state index contributed by atoms with van der Waals surface area (Å²) in [6.07, 6.45) is -8.55. The van der Waals surface area contributed by atoms with Gasteiger partial charge in [-0.05, 0) is 53.6 Å². The molecule has 324 valence electrons. The molecule has 0 amide bonds. The van der Waals surface area contributed by atoms with Gasteiger partial charge in [-0.25, -0.2) is 0 Å². The number of hydrogen-bond acceptors (Lipinski definition) is 18. The van der Waals surface area contributed by atoms with Crippen molar-refractivity contribution in [1.29, 1.82) is 0 Å². The van der Waals surface area contributed by atoms with Gasteiger partial charge in [0.05, 0.1) is 17.9 Å². The maximum atomic E-state index is 12.7. The van der Waals surface area contributed by atoms with Gasteiger partial charge in [0.25, 0.3) is 0 Å². The molecule has 6 aromatic rings. The van der Waals surface area contributed by atoms with Gasteiger partial charge in [-0.3, -0.25) is 0 Å². The van der Waals surface area contributed by atoms with E-state index in [4.69, 9.17) is 18.9 Å². The third-order valence-corrected chi connectivity index (χ3v) is 12.2. The van der Waals surface area contributed by atoms with Crippen molar-refractivity contribution in [3.8, 4) is 86.2 Å². The van der Waals surface area contributed by atoms with Crippen LogP contribution in [0.25, 0.3) is 0 Å². The van der Waals surface area contributed by atoms with E-state index in [1.807, 2.05) is 0 Å². The van der Waals surface area contributed by atoms with Crippen LogP contribution in [0, 0.1) is 0 Å². The van der Waals surface area contributed by atoms with E-state index in [2.05, 4.69) is 0 Å². The van der Waals surface area contributed by atoms with Crippen molar-refractivity contribution in [2.24, 2.45) is 0 Å². The largest absolute Gasteiger partial charge is 0.508 e. The average Bonchev–Trinajstić information content (AvgIpc) is 3.22. The van der Waals surface area contributed by atoms with E-state index < -0.39 is 124 Å². The van der Waals surface area contributed by atoms with Crippen LogP contribution in [-0.2, 0) is 12.2 Å². The van der Waals surface area contributed by atoms with Crippen molar-refractivity contribution < 1.29 is 90.4 Å². The molecular formula is C45H36O18. The molecule has 18 heteroatoms. The van der Waals surface area contributed by atoms with Crippen molar-refractivity contribution in [2.75, 3.05) is 0 Å². The van der Waals surface area contributed by atoms with Crippen LogP contribution >= 0.6 is 0 Å². The summed E-state index contributed by atoms with van der Waals surface area (Å²) in [5.74, 6) is -13.0. The number of phenols is 11. The van der Waals surface area contributed by atoms with E-state index >= 15 is 0 Å². The first-order valence-corrected chi connectivity index (χ1v) is 19.3.